The average Bonchev–Trinajstić information content (AvgIpc) is 2.77. The quantitative estimate of drug-likeness (QED) is 0.742. The number of hydrogen-bond acceptors (Lipinski definition) is 2. The highest BCUT2D eigenvalue weighted by molar-refractivity contribution is 5.79. The smallest absolute Gasteiger partial charge is 0.127 e. The van der Waals surface area contributed by atoms with Gasteiger partial charge in [-0.2, -0.15) is 0 Å². The lowest BCUT2D eigenvalue weighted by molar-refractivity contribution is 0.688. The third kappa shape index (κ3) is 1.27. The summed E-state index contributed by atoms with van der Waals surface area (Å²) in [6.07, 6.45) is 2.09. The third-order valence-electron chi connectivity index (χ3n) is 3.18. The molecule has 0 saturated heterocycles. The van der Waals surface area contributed by atoms with E-state index >= 15 is 0 Å². The fraction of sp³-hybridized carbons (Fsp3) is 0.417. The van der Waals surface area contributed by atoms with Crippen molar-refractivity contribution in [3.8, 4) is 0 Å². The Morgan fingerprint density at radius 3 is 2.73 bits per heavy atom. The summed E-state index contributed by atoms with van der Waals surface area (Å²) in [5, 5.41) is 0. The Hall–Kier alpha value is -1.35. The van der Waals surface area contributed by atoms with Gasteiger partial charge in [-0.1, -0.05) is 6.07 Å². The van der Waals surface area contributed by atoms with Crippen molar-refractivity contribution in [1.29, 1.82) is 0 Å². The van der Waals surface area contributed by atoms with E-state index in [-0.39, 0.29) is 5.54 Å². The number of benzene rings is 1. The summed E-state index contributed by atoms with van der Waals surface area (Å²) >= 11 is 0. The van der Waals surface area contributed by atoms with Gasteiger partial charge in [0.05, 0.1) is 16.6 Å². The predicted octanol–water partition coefficient (Wildman–Crippen LogP) is 2.13. The van der Waals surface area contributed by atoms with Gasteiger partial charge in [0, 0.05) is 0 Å². The van der Waals surface area contributed by atoms with Gasteiger partial charge in [0.2, 0.25) is 0 Å². The van der Waals surface area contributed by atoms with Crippen molar-refractivity contribution in [2.75, 3.05) is 0 Å². The van der Waals surface area contributed by atoms with Gasteiger partial charge in [-0.05, 0) is 43.9 Å². The minimum Gasteiger partial charge on any atom is -0.340 e. The number of aromatic amines is 1. The van der Waals surface area contributed by atoms with Crippen LogP contribution in [0.15, 0.2) is 12.1 Å². The third-order valence-corrected chi connectivity index (χ3v) is 3.18. The minimum absolute atomic E-state index is 0.167. The summed E-state index contributed by atoms with van der Waals surface area (Å²) < 4.78 is 0. The second-order valence-corrected chi connectivity index (χ2v) is 4.72. The van der Waals surface area contributed by atoms with Gasteiger partial charge in [-0.15, -0.1) is 0 Å². The highest BCUT2D eigenvalue weighted by atomic mass is 15.0. The molecule has 3 heteroatoms. The molecule has 15 heavy (non-hydrogen) atoms. The van der Waals surface area contributed by atoms with Gasteiger partial charge < -0.3 is 10.7 Å². The van der Waals surface area contributed by atoms with Crippen LogP contribution in [0, 0.1) is 13.8 Å². The topological polar surface area (TPSA) is 54.7 Å². The lowest BCUT2D eigenvalue weighted by atomic mass is 10.1. The van der Waals surface area contributed by atoms with E-state index in [2.05, 4.69) is 35.9 Å². The monoisotopic (exact) mass is 201 g/mol. The molecule has 78 valence electrons. The second-order valence-electron chi connectivity index (χ2n) is 4.72. The Morgan fingerprint density at radius 1 is 1.33 bits per heavy atom. The molecule has 1 aliphatic rings. The highest BCUT2D eigenvalue weighted by Crippen LogP contribution is 2.41. The molecule has 0 bridgehead atoms. The number of H-pyrrole nitrogens is 1. The zero-order valence-corrected chi connectivity index (χ0v) is 9.09. The van der Waals surface area contributed by atoms with Crippen LogP contribution in [-0.2, 0) is 5.54 Å². The highest BCUT2D eigenvalue weighted by Gasteiger charge is 2.43. The Labute approximate surface area is 88.7 Å². The van der Waals surface area contributed by atoms with E-state index in [0.717, 1.165) is 29.7 Å². The normalized spacial score (nSPS) is 18.3. The molecular weight excluding hydrogens is 186 g/mol. The maximum absolute atomic E-state index is 6.13. The molecule has 0 spiro atoms. The number of nitrogens with one attached hydrogen (secondary N) is 1. The maximum Gasteiger partial charge on any atom is 0.127 e. The first-order chi connectivity index (χ1) is 7.08. The van der Waals surface area contributed by atoms with Crippen molar-refractivity contribution in [1.82, 2.24) is 9.97 Å². The molecule has 0 radical (unpaired) electrons. The first-order valence-corrected chi connectivity index (χ1v) is 5.35. The lowest BCUT2D eigenvalue weighted by Crippen LogP contribution is -2.20. The molecule has 0 amide bonds. The second kappa shape index (κ2) is 2.61. The van der Waals surface area contributed by atoms with Crippen LogP contribution in [0.4, 0.5) is 0 Å². The van der Waals surface area contributed by atoms with Gasteiger partial charge >= 0.3 is 0 Å². The van der Waals surface area contributed by atoms with Crippen molar-refractivity contribution in [2.24, 2.45) is 5.73 Å². The van der Waals surface area contributed by atoms with Crippen LogP contribution in [0.3, 0.4) is 0 Å². The van der Waals surface area contributed by atoms with Gasteiger partial charge in [0.1, 0.15) is 5.82 Å². The van der Waals surface area contributed by atoms with E-state index in [1.165, 1.54) is 11.1 Å². The lowest BCUT2D eigenvalue weighted by Gasteiger charge is -2.01. The van der Waals surface area contributed by atoms with E-state index in [1.807, 2.05) is 0 Å². The molecule has 3 N–H and O–H groups in total. The van der Waals surface area contributed by atoms with Crippen LogP contribution < -0.4 is 5.73 Å². The fourth-order valence-corrected chi connectivity index (χ4v) is 2.08. The standard InChI is InChI=1S/C12H15N3/c1-7-5-8(2)10-9(6-7)14-11(15-10)12(13)3-4-12/h5-6H,3-4,13H2,1-2H3,(H,14,15). The summed E-state index contributed by atoms with van der Waals surface area (Å²) in [6, 6.07) is 4.29. The van der Waals surface area contributed by atoms with Gasteiger partial charge in [-0.3, -0.25) is 0 Å². The Morgan fingerprint density at radius 2 is 2.07 bits per heavy atom. The molecule has 0 aliphatic heterocycles. The number of hydrogen-bond donors (Lipinski definition) is 2. The van der Waals surface area contributed by atoms with Crippen LogP contribution in [0.25, 0.3) is 11.0 Å². The summed E-state index contributed by atoms with van der Waals surface area (Å²) in [4.78, 5) is 7.95. The van der Waals surface area contributed by atoms with Gasteiger partial charge in [0.15, 0.2) is 0 Å². The molecular formula is C12H15N3. The van der Waals surface area contributed by atoms with Crippen molar-refractivity contribution in [3.63, 3.8) is 0 Å². The molecule has 1 aliphatic carbocycles. The minimum atomic E-state index is -0.167. The van der Waals surface area contributed by atoms with Crippen LogP contribution in [0.5, 0.6) is 0 Å². The van der Waals surface area contributed by atoms with E-state index < -0.39 is 0 Å². The SMILES string of the molecule is Cc1cc(C)c2nc(C3(N)CC3)[nH]c2c1. The molecule has 1 aromatic carbocycles. The number of fused-ring (bicyclic) bond motifs is 1. The van der Waals surface area contributed by atoms with Crippen molar-refractivity contribution in [2.45, 2.75) is 32.2 Å². The van der Waals surface area contributed by atoms with Crippen molar-refractivity contribution >= 4 is 11.0 Å². The average molecular weight is 201 g/mol. The van der Waals surface area contributed by atoms with Crippen molar-refractivity contribution < 1.29 is 0 Å². The molecule has 1 heterocycles. The number of imidazole rings is 1. The van der Waals surface area contributed by atoms with Gasteiger partial charge in [-0.25, -0.2) is 4.98 Å². The van der Waals surface area contributed by atoms with Crippen LogP contribution in [0.1, 0.15) is 29.8 Å². The van der Waals surface area contributed by atoms with Gasteiger partial charge in [0.25, 0.3) is 0 Å². The van der Waals surface area contributed by atoms with E-state index in [1.54, 1.807) is 0 Å². The first kappa shape index (κ1) is 8.92. The van der Waals surface area contributed by atoms with Crippen LogP contribution >= 0.6 is 0 Å². The summed E-state index contributed by atoms with van der Waals surface area (Å²) in [7, 11) is 0. The summed E-state index contributed by atoms with van der Waals surface area (Å²) in [6.45, 7) is 4.19. The molecule has 1 aromatic heterocycles. The summed E-state index contributed by atoms with van der Waals surface area (Å²) in [5.41, 5.74) is 10.6. The van der Waals surface area contributed by atoms with E-state index in [9.17, 15) is 0 Å². The zero-order chi connectivity index (χ0) is 10.6. The largest absolute Gasteiger partial charge is 0.340 e. The predicted molar refractivity (Wildman–Crippen MR) is 60.7 cm³/mol. The molecule has 0 unspecified atom stereocenters. The first-order valence-electron chi connectivity index (χ1n) is 5.35. The fourth-order valence-electron chi connectivity index (χ4n) is 2.08. The molecule has 1 saturated carbocycles. The number of nitrogens with two attached hydrogens (primary N) is 1. The number of aromatic nitrogens is 2. The Balaban J connectivity index is 2.25. The molecule has 0 atom stereocenters. The number of nitrogens with zero attached hydrogens (tertiary/aromatic N) is 1. The molecule has 1 fully saturated rings. The van der Waals surface area contributed by atoms with Crippen LogP contribution in [0.2, 0.25) is 0 Å². The molecule has 3 rings (SSSR count). The Kier molecular flexibility index (Phi) is 1.55. The zero-order valence-electron chi connectivity index (χ0n) is 9.09. The van der Waals surface area contributed by atoms with Crippen molar-refractivity contribution in [3.05, 3.63) is 29.1 Å². The van der Waals surface area contributed by atoms with Crippen LogP contribution in [-0.4, -0.2) is 9.97 Å². The molecule has 2 aromatic rings. The summed E-state index contributed by atoms with van der Waals surface area (Å²) in [5.74, 6) is 0.950. The molecule has 3 nitrogen and oxygen atoms in total. The maximum atomic E-state index is 6.13. The number of rotatable bonds is 1. The van der Waals surface area contributed by atoms with E-state index in [4.69, 9.17) is 5.73 Å². The van der Waals surface area contributed by atoms with E-state index in [0.29, 0.717) is 0 Å². The Bertz CT molecular complexity index is 535. The number of aryl methyl sites for hydroxylation is 2.